The first kappa shape index (κ1) is 21.0. The number of amides is 1. The molecule has 1 N–H and O–H groups in total. The van der Waals surface area contributed by atoms with E-state index < -0.39 is 23.3 Å². The molecule has 0 unspecified atom stereocenters. The molecule has 0 aliphatic heterocycles. The number of benzene rings is 1. The third kappa shape index (κ3) is 4.47. The molecule has 2 heterocycles. The summed E-state index contributed by atoms with van der Waals surface area (Å²) in [6, 6.07) is 6.40. The van der Waals surface area contributed by atoms with Crippen molar-refractivity contribution in [3.05, 3.63) is 52.3 Å². The van der Waals surface area contributed by atoms with Crippen LogP contribution >= 0.6 is 11.3 Å². The van der Waals surface area contributed by atoms with E-state index in [2.05, 4.69) is 20.6 Å². The van der Waals surface area contributed by atoms with Crippen molar-refractivity contribution in [2.75, 3.05) is 5.32 Å². The van der Waals surface area contributed by atoms with Gasteiger partial charge in [-0.25, -0.2) is 4.68 Å². The van der Waals surface area contributed by atoms with Gasteiger partial charge in [0.1, 0.15) is 5.01 Å². The van der Waals surface area contributed by atoms with Crippen molar-refractivity contribution >= 4 is 22.4 Å². The Morgan fingerprint density at radius 1 is 1.17 bits per heavy atom. The topological polar surface area (TPSA) is 72.7 Å². The third-order valence-corrected chi connectivity index (χ3v) is 5.56. The smallest absolute Gasteiger partial charge is 0.296 e. The van der Waals surface area contributed by atoms with Crippen LogP contribution in [0.4, 0.5) is 18.3 Å². The monoisotopic (exact) mass is 423 g/mol. The van der Waals surface area contributed by atoms with Crippen LogP contribution in [-0.4, -0.2) is 25.9 Å². The second-order valence-electron chi connectivity index (χ2n) is 6.56. The highest BCUT2D eigenvalue weighted by Gasteiger charge is 2.40. The van der Waals surface area contributed by atoms with Crippen molar-refractivity contribution in [3.63, 3.8) is 0 Å². The number of hydrogen-bond donors (Lipinski definition) is 1. The predicted molar refractivity (Wildman–Crippen MR) is 104 cm³/mol. The maximum absolute atomic E-state index is 13.7. The summed E-state index contributed by atoms with van der Waals surface area (Å²) in [5.74, 6) is -0.726. The van der Waals surface area contributed by atoms with Crippen LogP contribution in [0.5, 0.6) is 0 Å². The summed E-state index contributed by atoms with van der Waals surface area (Å²) < 4.78 is 42.0. The molecule has 0 bridgehead atoms. The number of aryl methyl sites for hydroxylation is 1. The summed E-state index contributed by atoms with van der Waals surface area (Å²) in [4.78, 5) is 12.6. The van der Waals surface area contributed by atoms with E-state index in [0.717, 1.165) is 34.3 Å². The number of nitrogens with one attached hydrogen (secondary N) is 1. The fraction of sp³-hybridized carbons (Fsp3) is 0.368. The van der Waals surface area contributed by atoms with Crippen molar-refractivity contribution in [2.45, 2.75) is 45.7 Å². The van der Waals surface area contributed by atoms with Crippen molar-refractivity contribution < 1.29 is 18.0 Å². The van der Waals surface area contributed by atoms with Gasteiger partial charge in [-0.1, -0.05) is 42.9 Å². The Hall–Kier alpha value is -2.75. The molecule has 2 aromatic heterocycles. The summed E-state index contributed by atoms with van der Waals surface area (Å²) in [6.07, 6.45) is -2.13. The molecule has 0 saturated carbocycles. The molecular formula is C19H20F3N5OS. The quantitative estimate of drug-likeness (QED) is 0.591. The lowest BCUT2D eigenvalue weighted by Crippen LogP contribution is -2.20. The lowest BCUT2D eigenvalue weighted by molar-refractivity contribution is -0.143. The van der Waals surface area contributed by atoms with Gasteiger partial charge in [0.25, 0.3) is 5.91 Å². The molecule has 1 amide bonds. The van der Waals surface area contributed by atoms with Gasteiger partial charge in [0.05, 0.1) is 17.4 Å². The standard InChI is InChI=1S/C19H20F3N5OS/c1-4-12(5-2)17-25-26-18(29-17)24-16(28)14-10-23-27(15(14)19(20,21)22)13-8-6-11(3)7-9-13/h6-10,12H,4-5H2,1-3H3,(H,24,26,28). The average molecular weight is 423 g/mol. The molecule has 0 fully saturated rings. The van der Waals surface area contributed by atoms with Gasteiger partial charge in [-0.3, -0.25) is 10.1 Å². The maximum Gasteiger partial charge on any atom is 0.434 e. The molecule has 0 aliphatic carbocycles. The predicted octanol–water partition coefficient (Wildman–Crippen LogP) is 5.21. The number of carbonyl (C=O) groups excluding carboxylic acids is 1. The summed E-state index contributed by atoms with van der Waals surface area (Å²) in [5, 5.41) is 15.1. The van der Waals surface area contributed by atoms with Gasteiger partial charge in [-0.15, -0.1) is 10.2 Å². The van der Waals surface area contributed by atoms with Crippen LogP contribution in [0, 0.1) is 6.92 Å². The number of rotatable bonds is 6. The third-order valence-electron chi connectivity index (χ3n) is 4.56. The van der Waals surface area contributed by atoms with E-state index in [1.54, 1.807) is 12.1 Å². The molecule has 0 saturated heterocycles. The Labute approximate surface area is 169 Å². The van der Waals surface area contributed by atoms with Gasteiger partial charge in [0.15, 0.2) is 5.69 Å². The van der Waals surface area contributed by atoms with Gasteiger partial charge < -0.3 is 0 Å². The van der Waals surface area contributed by atoms with E-state index in [4.69, 9.17) is 0 Å². The molecule has 0 aliphatic rings. The Bertz CT molecular complexity index is 990. The molecule has 1 aromatic carbocycles. The van der Waals surface area contributed by atoms with E-state index >= 15 is 0 Å². The highest BCUT2D eigenvalue weighted by Crippen LogP contribution is 2.34. The zero-order chi connectivity index (χ0) is 21.2. The minimum absolute atomic E-state index is 0.160. The second kappa shape index (κ2) is 8.32. The lowest BCUT2D eigenvalue weighted by atomic mass is 10.1. The highest BCUT2D eigenvalue weighted by molar-refractivity contribution is 7.15. The number of halogens is 3. The molecule has 154 valence electrons. The molecule has 0 atom stereocenters. The fourth-order valence-corrected chi connectivity index (χ4v) is 3.93. The number of hydrogen-bond acceptors (Lipinski definition) is 5. The first-order valence-corrected chi connectivity index (χ1v) is 9.93. The Kier molecular flexibility index (Phi) is 6.02. The second-order valence-corrected chi connectivity index (χ2v) is 7.57. The van der Waals surface area contributed by atoms with Crippen LogP contribution in [0.3, 0.4) is 0 Å². The first-order chi connectivity index (χ1) is 13.7. The average Bonchev–Trinajstić information content (AvgIpc) is 3.30. The number of anilines is 1. The van der Waals surface area contributed by atoms with Crippen LogP contribution in [0.25, 0.3) is 5.69 Å². The Morgan fingerprint density at radius 3 is 2.41 bits per heavy atom. The summed E-state index contributed by atoms with van der Waals surface area (Å²) in [6.45, 7) is 5.86. The molecule has 3 aromatic rings. The number of nitrogens with zero attached hydrogens (tertiary/aromatic N) is 4. The molecule has 6 nitrogen and oxygen atoms in total. The lowest BCUT2D eigenvalue weighted by Gasteiger charge is -2.12. The number of alkyl halides is 3. The molecule has 0 spiro atoms. The molecule has 29 heavy (non-hydrogen) atoms. The Balaban J connectivity index is 1.92. The number of carbonyl (C=O) groups is 1. The minimum atomic E-state index is -4.77. The van der Waals surface area contributed by atoms with Crippen LogP contribution in [0.1, 0.15) is 59.2 Å². The zero-order valence-corrected chi connectivity index (χ0v) is 16.9. The Morgan fingerprint density at radius 2 is 1.83 bits per heavy atom. The summed E-state index contributed by atoms with van der Waals surface area (Å²) in [5.41, 5.74) is -0.591. The van der Waals surface area contributed by atoms with Gasteiger partial charge in [-0.05, 0) is 31.9 Å². The normalized spacial score (nSPS) is 11.8. The van der Waals surface area contributed by atoms with E-state index in [9.17, 15) is 18.0 Å². The van der Waals surface area contributed by atoms with Crippen LogP contribution < -0.4 is 5.32 Å². The van der Waals surface area contributed by atoms with E-state index in [0.29, 0.717) is 0 Å². The van der Waals surface area contributed by atoms with Crippen LogP contribution in [0.2, 0.25) is 0 Å². The summed E-state index contributed by atoms with van der Waals surface area (Å²) >= 11 is 1.17. The van der Waals surface area contributed by atoms with Crippen molar-refractivity contribution in [2.24, 2.45) is 0 Å². The van der Waals surface area contributed by atoms with Crippen molar-refractivity contribution in [3.8, 4) is 5.69 Å². The first-order valence-electron chi connectivity index (χ1n) is 9.11. The summed E-state index contributed by atoms with van der Waals surface area (Å²) in [7, 11) is 0. The number of aromatic nitrogens is 4. The highest BCUT2D eigenvalue weighted by atomic mass is 32.1. The van der Waals surface area contributed by atoms with Crippen molar-refractivity contribution in [1.29, 1.82) is 0 Å². The molecular weight excluding hydrogens is 403 g/mol. The maximum atomic E-state index is 13.7. The molecule has 3 rings (SSSR count). The van der Waals surface area contributed by atoms with E-state index in [-0.39, 0.29) is 16.7 Å². The van der Waals surface area contributed by atoms with Gasteiger partial charge in [0, 0.05) is 5.92 Å². The molecule has 0 radical (unpaired) electrons. The fourth-order valence-electron chi connectivity index (χ4n) is 2.92. The van der Waals surface area contributed by atoms with Crippen molar-refractivity contribution in [1.82, 2.24) is 20.0 Å². The SMILES string of the molecule is CCC(CC)c1nnc(NC(=O)c2cnn(-c3ccc(C)cc3)c2C(F)(F)F)s1. The minimum Gasteiger partial charge on any atom is -0.296 e. The van der Waals surface area contributed by atoms with E-state index in [1.165, 1.54) is 23.5 Å². The van der Waals surface area contributed by atoms with Crippen LogP contribution in [-0.2, 0) is 6.18 Å². The van der Waals surface area contributed by atoms with Gasteiger partial charge in [0.2, 0.25) is 5.13 Å². The van der Waals surface area contributed by atoms with Gasteiger partial charge in [-0.2, -0.15) is 18.3 Å². The van der Waals surface area contributed by atoms with E-state index in [1.807, 2.05) is 20.8 Å². The largest absolute Gasteiger partial charge is 0.434 e. The zero-order valence-electron chi connectivity index (χ0n) is 16.1. The van der Waals surface area contributed by atoms with Crippen LogP contribution in [0.15, 0.2) is 30.5 Å². The van der Waals surface area contributed by atoms with Gasteiger partial charge >= 0.3 is 6.18 Å². The molecule has 10 heteroatoms.